The molecule has 6 heteroatoms. The summed E-state index contributed by atoms with van der Waals surface area (Å²) in [6.45, 7) is 1.12. The summed E-state index contributed by atoms with van der Waals surface area (Å²) in [7, 11) is 0. The molecule has 1 saturated heterocycles. The predicted molar refractivity (Wildman–Crippen MR) is 64.7 cm³/mol. The summed E-state index contributed by atoms with van der Waals surface area (Å²) < 4.78 is 5.26. The van der Waals surface area contributed by atoms with Crippen molar-refractivity contribution in [3.05, 3.63) is 23.9 Å². The third kappa shape index (κ3) is 2.77. The van der Waals surface area contributed by atoms with Gasteiger partial charge in [-0.15, -0.1) is 0 Å². The van der Waals surface area contributed by atoms with Crippen LogP contribution in [0.4, 0.5) is 5.82 Å². The van der Waals surface area contributed by atoms with Crippen molar-refractivity contribution in [2.24, 2.45) is 0 Å². The van der Waals surface area contributed by atoms with Crippen molar-refractivity contribution in [3.8, 4) is 0 Å². The fourth-order valence-corrected chi connectivity index (χ4v) is 1.99. The number of ether oxygens (including phenoxy) is 1. The average molecular weight is 252 g/mol. The second-order valence-electron chi connectivity index (χ2n) is 4.41. The van der Waals surface area contributed by atoms with E-state index in [0.29, 0.717) is 31.9 Å². The Morgan fingerprint density at radius 1 is 1.50 bits per heavy atom. The maximum Gasteiger partial charge on any atom is 0.335 e. The molecule has 1 aromatic heterocycles. The number of carboxylic acid groups (broad SMARTS) is 1. The molecule has 0 amide bonds. The van der Waals surface area contributed by atoms with Crippen molar-refractivity contribution in [3.63, 3.8) is 0 Å². The van der Waals surface area contributed by atoms with Crippen molar-refractivity contribution in [2.75, 3.05) is 25.1 Å². The lowest BCUT2D eigenvalue weighted by molar-refractivity contribution is 0.0378. The van der Waals surface area contributed by atoms with Crippen LogP contribution >= 0.6 is 0 Å². The van der Waals surface area contributed by atoms with E-state index >= 15 is 0 Å². The van der Waals surface area contributed by atoms with Gasteiger partial charge in [-0.3, -0.25) is 0 Å². The number of hydrogen-bond acceptors (Lipinski definition) is 5. The van der Waals surface area contributed by atoms with E-state index in [1.54, 1.807) is 0 Å². The van der Waals surface area contributed by atoms with Gasteiger partial charge in [-0.25, -0.2) is 9.78 Å². The van der Waals surface area contributed by atoms with Crippen LogP contribution in [0, 0.1) is 0 Å². The molecule has 0 aromatic carbocycles. The molecule has 2 heterocycles. The van der Waals surface area contributed by atoms with Gasteiger partial charge in [0.25, 0.3) is 0 Å². The third-order valence-corrected chi connectivity index (χ3v) is 3.15. The first-order valence-electron chi connectivity index (χ1n) is 5.81. The maximum atomic E-state index is 10.9. The van der Waals surface area contributed by atoms with E-state index in [2.05, 4.69) is 10.3 Å². The van der Waals surface area contributed by atoms with Crippen LogP contribution in [0.25, 0.3) is 0 Å². The molecular weight excluding hydrogens is 236 g/mol. The number of hydrogen-bond donors (Lipinski definition) is 3. The normalized spacial score (nSPS) is 18.3. The molecule has 18 heavy (non-hydrogen) atoms. The summed E-state index contributed by atoms with van der Waals surface area (Å²) in [5, 5.41) is 21.6. The fraction of sp³-hybridized carbons (Fsp3) is 0.500. The highest BCUT2D eigenvalue weighted by Crippen LogP contribution is 2.24. The molecule has 0 aliphatic carbocycles. The minimum Gasteiger partial charge on any atom is -0.478 e. The molecule has 98 valence electrons. The first kappa shape index (κ1) is 12.8. The molecule has 0 saturated carbocycles. The van der Waals surface area contributed by atoms with Gasteiger partial charge in [0, 0.05) is 19.4 Å². The minimum atomic E-state index is -0.995. The average Bonchev–Trinajstić information content (AvgIpc) is 2.40. The molecule has 1 aliphatic heterocycles. The third-order valence-electron chi connectivity index (χ3n) is 3.15. The molecule has 0 radical (unpaired) electrons. The van der Waals surface area contributed by atoms with Crippen LogP contribution < -0.4 is 5.32 Å². The SMILES string of the molecule is O=C(O)c1ccnc(NC2(CO)CCOCC2)c1. The number of carbonyl (C=O) groups is 1. The van der Waals surface area contributed by atoms with Crippen molar-refractivity contribution < 1.29 is 19.7 Å². The van der Waals surface area contributed by atoms with Crippen molar-refractivity contribution in [1.29, 1.82) is 0 Å². The van der Waals surface area contributed by atoms with E-state index in [-0.39, 0.29) is 12.2 Å². The van der Waals surface area contributed by atoms with Gasteiger partial charge in [0.2, 0.25) is 0 Å². The summed E-state index contributed by atoms with van der Waals surface area (Å²) in [5.41, 5.74) is -0.296. The second-order valence-corrected chi connectivity index (χ2v) is 4.41. The highest BCUT2D eigenvalue weighted by molar-refractivity contribution is 5.88. The zero-order chi connectivity index (χ0) is 13.0. The molecule has 0 unspecified atom stereocenters. The molecule has 0 atom stereocenters. The number of rotatable bonds is 4. The van der Waals surface area contributed by atoms with Crippen LogP contribution in [0.15, 0.2) is 18.3 Å². The van der Waals surface area contributed by atoms with Gasteiger partial charge in [-0.05, 0) is 25.0 Å². The van der Waals surface area contributed by atoms with Gasteiger partial charge in [0.05, 0.1) is 17.7 Å². The van der Waals surface area contributed by atoms with E-state index in [4.69, 9.17) is 9.84 Å². The topological polar surface area (TPSA) is 91.7 Å². The van der Waals surface area contributed by atoms with E-state index < -0.39 is 11.5 Å². The summed E-state index contributed by atoms with van der Waals surface area (Å²) >= 11 is 0. The van der Waals surface area contributed by atoms with Crippen LogP contribution in [-0.4, -0.2) is 46.5 Å². The molecular formula is C12H16N2O4. The Labute approximate surface area is 105 Å². The summed E-state index contributed by atoms with van der Waals surface area (Å²) in [4.78, 5) is 15.0. The smallest absolute Gasteiger partial charge is 0.335 e. The van der Waals surface area contributed by atoms with Crippen molar-refractivity contribution >= 4 is 11.8 Å². The van der Waals surface area contributed by atoms with E-state index in [0.717, 1.165) is 0 Å². The number of nitrogens with zero attached hydrogens (tertiary/aromatic N) is 1. The fourth-order valence-electron chi connectivity index (χ4n) is 1.99. The Hall–Kier alpha value is -1.66. The molecule has 1 fully saturated rings. The molecule has 6 nitrogen and oxygen atoms in total. The number of nitrogens with one attached hydrogen (secondary N) is 1. The van der Waals surface area contributed by atoms with E-state index in [1.807, 2.05) is 0 Å². The van der Waals surface area contributed by atoms with E-state index in [9.17, 15) is 9.90 Å². The van der Waals surface area contributed by atoms with E-state index in [1.165, 1.54) is 18.3 Å². The number of aromatic carboxylic acids is 1. The van der Waals surface area contributed by atoms with Crippen LogP contribution in [0.2, 0.25) is 0 Å². The minimum absolute atomic E-state index is 0.0324. The number of aliphatic hydroxyl groups excluding tert-OH is 1. The standard InChI is InChI=1S/C12H16N2O4/c15-8-12(2-5-18-6-3-12)14-10-7-9(11(16)17)1-4-13-10/h1,4,7,15H,2-3,5-6,8H2,(H,13,14)(H,16,17). The Kier molecular flexibility index (Phi) is 3.78. The molecule has 2 rings (SSSR count). The quantitative estimate of drug-likeness (QED) is 0.731. The Morgan fingerprint density at radius 2 is 2.22 bits per heavy atom. The molecule has 0 spiro atoms. The lowest BCUT2D eigenvalue weighted by Crippen LogP contribution is -2.47. The summed E-state index contributed by atoms with van der Waals surface area (Å²) in [5.74, 6) is -0.531. The largest absolute Gasteiger partial charge is 0.478 e. The van der Waals surface area contributed by atoms with Crippen molar-refractivity contribution in [1.82, 2.24) is 4.98 Å². The van der Waals surface area contributed by atoms with Gasteiger partial charge in [0.1, 0.15) is 5.82 Å². The zero-order valence-corrected chi connectivity index (χ0v) is 9.93. The van der Waals surface area contributed by atoms with Gasteiger partial charge in [-0.1, -0.05) is 0 Å². The van der Waals surface area contributed by atoms with Crippen LogP contribution in [0.5, 0.6) is 0 Å². The highest BCUT2D eigenvalue weighted by Gasteiger charge is 2.32. The van der Waals surface area contributed by atoms with Gasteiger partial charge in [-0.2, -0.15) is 0 Å². The molecule has 0 bridgehead atoms. The second kappa shape index (κ2) is 5.32. The molecule has 1 aliphatic rings. The highest BCUT2D eigenvalue weighted by atomic mass is 16.5. The van der Waals surface area contributed by atoms with Crippen LogP contribution in [0.1, 0.15) is 23.2 Å². The maximum absolute atomic E-state index is 10.9. The number of aromatic nitrogens is 1. The Morgan fingerprint density at radius 3 is 2.83 bits per heavy atom. The first-order valence-corrected chi connectivity index (χ1v) is 5.81. The first-order chi connectivity index (χ1) is 8.65. The molecule has 3 N–H and O–H groups in total. The van der Waals surface area contributed by atoms with Gasteiger partial charge in [0.15, 0.2) is 0 Å². The number of aliphatic hydroxyl groups is 1. The molecule has 1 aromatic rings. The lowest BCUT2D eigenvalue weighted by atomic mass is 9.91. The van der Waals surface area contributed by atoms with Crippen LogP contribution in [0.3, 0.4) is 0 Å². The Balaban J connectivity index is 2.16. The summed E-state index contributed by atoms with van der Waals surface area (Å²) in [6.07, 6.45) is 2.78. The van der Waals surface area contributed by atoms with Gasteiger partial charge >= 0.3 is 5.97 Å². The van der Waals surface area contributed by atoms with Crippen molar-refractivity contribution in [2.45, 2.75) is 18.4 Å². The predicted octanol–water partition coefficient (Wildman–Crippen LogP) is 0.733. The number of anilines is 1. The lowest BCUT2D eigenvalue weighted by Gasteiger charge is -2.36. The monoisotopic (exact) mass is 252 g/mol. The van der Waals surface area contributed by atoms with Gasteiger partial charge < -0.3 is 20.3 Å². The van der Waals surface area contributed by atoms with Crippen LogP contribution in [-0.2, 0) is 4.74 Å². The Bertz CT molecular complexity index is 430. The summed E-state index contributed by atoms with van der Waals surface area (Å²) in [6, 6.07) is 2.90. The number of pyridine rings is 1. The number of carboxylic acids is 1. The zero-order valence-electron chi connectivity index (χ0n) is 9.93.